The molecule has 3 aromatic rings. The second-order valence-corrected chi connectivity index (χ2v) is 11.7. The highest BCUT2D eigenvalue weighted by molar-refractivity contribution is 5.96. The summed E-state index contributed by atoms with van der Waals surface area (Å²) in [7, 11) is 0. The van der Waals surface area contributed by atoms with Gasteiger partial charge in [0.2, 0.25) is 0 Å². The molecule has 3 nitrogen and oxygen atoms in total. The number of aliphatic imine (C=N–C) groups is 2. The molecule has 0 spiro atoms. The third kappa shape index (κ3) is 7.43. The number of rotatable bonds is 9. The predicted octanol–water partition coefficient (Wildman–Crippen LogP) is 10.7. The average molecular weight is 510 g/mol. The maximum Gasteiger partial charge on any atom is 0.103 e. The first-order valence-corrected chi connectivity index (χ1v) is 14.2. The smallest absolute Gasteiger partial charge is 0.103 e. The number of para-hydroxylation sites is 1. The second-order valence-electron chi connectivity index (χ2n) is 11.7. The van der Waals surface area contributed by atoms with E-state index in [0.717, 1.165) is 35.0 Å². The van der Waals surface area contributed by atoms with Crippen LogP contribution in [0.15, 0.2) is 70.6 Å². The molecule has 3 rings (SSSR count). The zero-order valence-corrected chi connectivity index (χ0v) is 25.2. The van der Waals surface area contributed by atoms with Gasteiger partial charge in [-0.1, -0.05) is 97.9 Å². The van der Waals surface area contributed by atoms with Crippen molar-refractivity contribution in [3.63, 3.8) is 0 Å². The molecule has 0 radical (unpaired) electrons. The van der Waals surface area contributed by atoms with Crippen LogP contribution in [0.5, 0.6) is 0 Å². The third-order valence-corrected chi connectivity index (χ3v) is 7.04. The predicted molar refractivity (Wildman–Crippen MR) is 169 cm³/mol. The Labute approximate surface area is 231 Å². The number of hydrogen-bond acceptors (Lipinski definition) is 2. The zero-order valence-electron chi connectivity index (χ0n) is 25.2. The Morgan fingerprint density at radius 1 is 0.632 bits per heavy atom. The van der Waals surface area contributed by atoms with E-state index in [4.69, 9.17) is 9.98 Å². The average Bonchev–Trinajstić information content (AvgIpc) is 2.83. The summed E-state index contributed by atoms with van der Waals surface area (Å²) in [6.07, 6.45) is 0.865. The number of anilines is 1. The summed E-state index contributed by atoms with van der Waals surface area (Å²) < 4.78 is 0. The van der Waals surface area contributed by atoms with E-state index in [9.17, 15) is 0 Å². The van der Waals surface area contributed by atoms with Gasteiger partial charge in [-0.25, -0.2) is 4.99 Å². The molecule has 0 bridgehead atoms. The third-order valence-electron chi connectivity index (χ3n) is 7.04. The first kappa shape index (κ1) is 29.4. The highest BCUT2D eigenvalue weighted by Gasteiger charge is 2.15. The van der Waals surface area contributed by atoms with Gasteiger partial charge in [0.25, 0.3) is 0 Å². The van der Waals surface area contributed by atoms with Crippen molar-refractivity contribution in [3.05, 3.63) is 88.5 Å². The first-order chi connectivity index (χ1) is 18.0. The normalized spacial score (nSPS) is 12.8. The zero-order chi connectivity index (χ0) is 28.0. The number of nitrogens with zero attached hydrogens (tertiary/aromatic N) is 2. The van der Waals surface area contributed by atoms with Crippen molar-refractivity contribution < 1.29 is 0 Å². The van der Waals surface area contributed by atoms with Gasteiger partial charge < -0.3 is 5.32 Å². The van der Waals surface area contributed by atoms with Crippen molar-refractivity contribution in [2.45, 2.75) is 99.3 Å². The summed E-state index contributed by atoms with van der Waals surface area (Å²) in [5.74, 6) is 2.69. The molecule has 0 aromatic heterocycles. The van der Waals surface area contributed by atoms with Crippen molar-refractivity contribution in [1.29, 1.82) is 0 Å². The quantitative estimate of drug-likeness (QED) is 0.226. The van der Waals surface area contributed by atoms with E-state index in [-0.39, 0.29) is 0 Å². The summed E-state index contributed by atoms with van der Waals surface area (Å²) in [6.45, 7) is 22.2. The Kier molecular flexibility index (Phi) is 10.1. The van der Waals surface area contributed by atoms with Crippen molar-refractivity contribution >= 4 is 28.6 Å². The molecule has 0 saturated carbocycles. The van der Waals surface area contributed by atoms with Gasteiger partial charge >= 0.3 is 0 Å². The van der Waals surface area contributed by atoms with Crippen molar-refractivity contribution in [1.82, 2.24) is 0 Å². The molecule has 0 unspecified atom stereocenters. The Hall–Kier alpha value is -3.20. The summed E-state index contributed by atoms with van der Waals surface area (Å²) in [5, 5.41) is 3.51. The van der Waals surface area contributed by atoms with Gasteiger partial charge in [0.15, 0.2) is 0 Å². The fourth-order valence-electron chi connectivity index (χ4n) is 5.12. The van der Waals surface area contributed by atoms with Gasteiger partial charge in [-0.3, -0.25) is 4.99 Å². The molecule has 0 aliphatic heterocycles. The van der Waals surface area contributed by atoms with Crippen LogP contribution >= 0.6 is 0 Å². The summed E-state index contributed by atoms with van der Waals surface area (Å²) in [4.78, 5) is 10.1. The SMILES string of the molecule is CC(Cc1c(C(C)C)cccc1C(C)C)=Nc1cccc(NC(C)=Nc2c(C(C)C)cccc2C(C)C)c1. The van der Waals surface area contributed by atoms with Crippen molar-refractivity contribution in [3.8, 4) is 0 Å². The number of benzene rings is 3. The van der Waals surface area contributed by atoms with Crippen LogP contribution in [0.3, 0.4) is 0 Å². The lowest BCUT2D eigenvalue weighted by Crippen LogP contribution is -2.08. The minimum absolute atomic E-state index is 0.415. The molecule has 0 saturated heterocycles. The Bertz CT molecular complexity index is 1240. The Morgan fingerprint density at radius 2 is 1.11 bits per heavy atom. The van der Waals surface area contributed by atoms with E-state index in [1.807, 2.05) is 6.92 Å². The van der Waals surface area contributed by atoms with Crippen LogP contribution in [0.2, 0.25) is 0 Å². The molecule has 1 N–H and O–H groups in total. The molecule has 0 amide bonds. The Morgan fingerprint density at radius 3 is 1.61 bits per heavy atom. The minimum atomic E-state index is 0.415. The van der Waals surface area contributed by atoms with Crippen molar-refractivity contribution in [2.75, 3.05) is 5.32 Å². The standard InChI is InChI=1S/C35H47N3/c1-22(2)30-16-12-17-31(23(3)4)34(30)20-26(9)36-28-14-11-15-29(21-28)37-27(10)38-35-32(24(5)6)18-13-19-33(35)25(7)8/h11-19,21-25H,20H2,1-10H3,(H,37,38). The molecule has 0 fully saturated rings. The maximum atomic E-state index is 5.07. The van der Waals surface area contributed by atoms with Gasteiger partial charge in [0.05, 0.1) is 11.4 Å². The molecular weight excluding hydrogens is 462 g/mol. The second kappa shape index (κ2) is 13.0. The summed E-state index contributed by atoms with van der Waals surface area (Å²) in [6, 6.07) is 21.6. The number of hydrogen-bond donors (Lipinski definition) is 1. The fraction of sp³-hybridized carbons (Fsp3) is 0.429. The molecule has 38 heavy (non-hydrogen) atoms. The van der Waals surface area contributed by atoms with Crippen LogP contribution in [0, 0.1) is 0 Å². The largest absolute Gasteiger partial charge is 0.344 e. The summed E-state index contributed by atoms with van der Waals surface area (Å²) in [5.41, 5.74) is 11.0. The van der Waals surface area contributed by atoms with Crippen LogP contribution in [0.4, 0.5) is 17.1 Å². The fourth-order valence-corrected chi connectivity index (χ4v) is 5.12. The van der Waals surface area contributed by atoms with Gasteiger partial charge in [0, 0.05) is 17.8 Å². The van der Waals surface area contributed by atoms with Crippen molar-refractivity contribution in [2.24, 2.45) is 9.98 Å². The van der Waals surface area contributed by atoms with E-state index in [2.05, 4.69) is 128 Å². The first-order valence-electron chi connectivity index (χ1n) is 14.2. The molecule has 202 valence electrons. The monoisotopic (exact) mass is 509 g/mol. The lowest BCUT2D eigenvalue weighted by molar-refractivity contribution is 0.811. The van der Waals surface area contributed by atoms with Gasteiger partial charge in [-0.2, -0.15) is 0 Å². The highest BCUT2D eigenvalue weighted by atomic mass is 15.0. The van der Waals surface area contributed by atoms with E-state index >= 15 is 0 Å². The van der Waals surface area contributed by atoms with Crippen LogP contribution in [-0.4, -0.2) is 11.5 Å². The topological polar surface area (TPSA) is 36.8 Å². The van der Waals surface area contributed by atoms with Gasteiger partial charge in [0.1, 0.15) is 5.84 Å². The summed E-state index contributed by atoms with van der Waals surface area (Å²) >= 11 is 0. The molecular formula is C35H47N3. The molecule has 3 heteroatoms. The van der Waals surface area contributed by atoms with Gasteiger partial charge in [-0.05, 0) is 83.5 Å². The molecule has 0 aliphatic rings. The lowest BCUT2D eigenvalue weighted by Gasteiger charge is -2.19. The van der Waals surface area contributed by atoms with Crippen LogP contribution < -0.4 is 5.32 Å². The highest BCUT2D eigenvalue weighted by Crippen LogP contribution is 2.35. The van der Waals surface area contributed by atoms with E-state index < -0.39 is 0 Å². The maximum absolute atomic E-state index is 5.07. The number of amidine groups is 1. The van der Waals surface area contributed by atoms with E-state index in [1.165, 1.54) is 27.8 Å². The minimum Gasteiger partial charge on any atom is -0.344 e. The molecule has 0 heterocycles. The molecule has 0 atom stereocenters. The lowest BCUT2D eigenvalue weighted by atomic mass is 9.86. The van der Waals surface area contributed by atoms with E-state index in [0.29, 0.717) is 23.7 Å². The van der Waals surface area contributed by atoms with Crippen LogP contribution in [0.25, 0.3) is 0 Å². The Balaban J connectivity index is 1.87. The van der Waals surface area contributed by atoms with Crippen LogP contribution in [-0.2, 0) is 6.42 Å². The van der Waals surface area contributed by atoms with Gasteiger partial charge in [-0.15, -0.1) is 0 Å². The number of nitrogens with one attached hydrogen (secondary N) is 1. The molecule has 0 aliphatic carbocycles. The van der Waals surface area contributed by atoms with E-state index in [1.54, 1.807) is 0 Å². The molecule has 3 aromatic carbocycles. The van der Waals surface area contributed by atoms with Crippen LogP contribution in [0.1, 0.15) is 121 Å².